The second-order valence-electron chi connectivity index (χ2n) is 14.2. The summed E-state index contributed by atoms with van der Waals surface area (Å²) in [5.74, 6) is 2.73. The van der Waals surface area contributed by atoms with E-state index in [-0.39, 0.29) is 0 Å². The molecule has 0 aliphatic carbocycles. The number of nitriles is 1. The predicted molar refractivity (Wildman–Crippen MR) is 237 cm³/mol. The minimum atomic E-state index is 0.595. The van der Waals surface area contributed by atoms with Gasteiger partial charge < -0.3 is 0 Å². The third-order valence-corrected chi connectivity index (χ3v) is 10.6. The number of para-hydroxylation sites is 2. The zero-order valence-electron chi connectivity index (χ0n) is 31.8. The molecule has 0 aliphatic rings. The lowest BCUT2D eigenvalue weighted by atomic mass is 9.89. The van der Waals surface area contributed by atoms with E-state index < -0.39 is 0 Å². The van der Waals surface area contributed by atoms with Crippen LogP contribution < -0.4 is 0 Å². The fourth-order valence-corrected chi connectivity index (χ4v) is 7.62. The van der Waals surface area contributed by atoms with Crippen LogP contribution in [-0.4, -0.2) is 24.5 Å². The van der Waals surface area contributed by atoms with Gasteiger partial charge in [0.15, 0.2) is 17.5 Å². The summed E-state index contributed by atoms with van der Waals surface area (Å²) in [5.41, 5.74) is 13.4. The highest BCUT2D eigenvalue weighted by molar-refractivity contribution is 5.90. The minimum absolute atomic E-state index is 0.595. The molecule has 0 unspecified atom stereocenters. The van der Waals surface area contributed by atoms with Gasteiger partial charge >= 0.3 is 0 Å². The molecule has 10 aromatic rings. The van der Waals surface area contributed by atoms with Crippen LogP contribution in [-0.2, 0) is 0 Å². The van der Waals surface area contributed by atoms with Crippen LogP contribution in [0.25, 0.3) is 95.7 Å². The molecule has 0 amide bonds. The normalized spacial score (nSPS) is 11.0. The van der Waals surface area contributed by atoms with Gasteiger partial charge in [0.25, 0.3) is 0 Å². The van der Waals surface area contributed by atoms with E-state index in [9.17, 15) is 5.26 Å². The molecule has 59 heavy (non-hydrogen) atoms. The minimum Gasteiger partial charge on any atom is -0.292 e. The summed E-state index contributed by atoms with van der Waals surface area (Å²) in [5, 5.41) is 10.2. The van der Waals surface area contributed by atoms with Crippen LogP contribution in [0.4, 0.5) is 0 Å². The number of imidazole rings is 1. The molecule has 0 saturated carbocycles. The smallest absolute Gasteiger partial charge is 0.164 e. The molecule has 0 bridgehead atoms. The predicted octanol–water partition coefficient (Wildman–Crippen LogP) is 12.8. The van der Waals surface area contributed by atoms with Crippen molar-refractivity contribution in [2.45, 2.75) is 0 Å². The number of aromatic nitrogens is 5. The number of rotatable bonds is 8. The first-order valence-electron chi connectivity index (χ1n) is 19.5. The number of nitrogens with zero attached hydrogens (tertiary/aromatic N) is 6. The van der Waals surface area contributed by atoms with E-state index >= 15 is 0 Å². The summed E-state index contributed by atoms with van der Waals surface area (Å²) >= 11 is 0. The molecular weight excluding hydrogens is 721 g/mol. The highest BCUT2D eigenvalue weighted by Gasteiger charge is 2.17. The molecule has 0 spiro atoms. The van der Waals surface area contributed by atoms with Crippen molar-refractivity contribution < 1.29 is 0 Å². The Bertz CT molecular complexity index is 3070. The second kappa shape index (κ2) is 15.3. The number of benzene rings is 8. The van der Waals surface area contributed by atoms with Crippen LogP contribution in [0, 0.1) is 11.3 Å². The van der Waals surface area contributed by atoms with Crippen molar-refractivity contribution >= 4 is 11.0 Å². The zero-order valence-corrected chi connectivity index (χ0v) is 31.8. The Morgan fingerprint density at radius 1 is 0.356 bits per heavy atom. The van der Waals surface area contributed by atoms with E-state index in [1.165, 1.54) is 0 Å². The van der Waals surface area contributed by atoms with E-state index in [1.54, 1.807) is 0 Å². The maximum absolute atomic E-state index is 10.2. The summed E-state index contributed by atoms with van der Waals surface area (Å²) in [6.07, 6.45) is 0. The van der Waals surface area contributed by atoms with Gasteiger partial charge in [-0.2, -0.15) is 5.26 Å². The van der Waals surface area contributed by atoms with Crippen LogP contribution in [0.1, 0.15) is 5.56 Å². The zero-order chi connectivity index (χ0) is 39.5. The van der Waals surface area contributed by atoms with Crippen molar-refractivity contribution in [3.63, 3.8) is 0 Å². The summed E-state index contributed by atoms with van der Waals surface area (Å²) in [6, 6.07) is 72.2. The lowest BCUT2D eigenvalue weighted by molar-refractivity contribution is 1.07. The number of fused-ring (bicyclic) bond motifs is 1. The lowest BCUT2D eigenvalue weighted by Gasteiger charge is -2.15. The van der Waals surface area contributed by atoms with Gasteiger partial charge in [-0.25, -0.2) is 19.9 Å². The molecule has 0 saturated heterocycles. The van der Waals surface area contributed by atoms with E-state index in [2.05, 4.69) is 108 Å². The van der Waals surface area contributed by atoms with Gasteiger partial charge in [0.05, 0.1) is 22.7 Å². The number of hydrogen-bond donors (Lipinski definition) is 0. The van der Waals surface area contributed by atoms with Gasteiger partial charge in [-0.15, -0.1) is 0 Å². The van der Waals surface area contributed by atoms with Crippen LogP contribution in [0.5, 0.6) is 0 Å². The van der Waals surface area contributed by atoms with Crippen molar-refractivity contribution in [2.24, 2.45) is 0 Å². The Kier molecular flexibility index (Phi) is 9.14. The van der Waals surface area contributed by atoms with E-state index in [0.717, 1.165) is 78.2 Å². The molecule has 0 aliphatic heterocycles. The summed E-state index contributed by atoms with van der Waals surface area (Å²) in [7, 11) is 0. The van der Waals surface area contributed by atoms with E-state index in [4.69, 9.17) is 19.9 Å². The average molecular weight is 755 g/mol. The molecule has 0 N–H and O–H groups in total. The van der Waals surface area contributed by atoms with Crippen molar-refractivity contribution in [1.82, 2.24) is 24.5 Å². The largest absolute Gasteiger partial charge is 0.292 e. The summed E-state index contributed by atoms with van der Waals surface area (Å²) < 4.78 is 2.22. The first kappa shape index (κ1) is 35.2. The van der Waals surface area contributed by atoms with Crippen molar-refractivity contribution in [2.75, 3.05) is 0 Å². The van der Waals surface area contributed by atoms with Crippen molar-refractivity contribution in [1.29, 1.82) is 5.26 Å². The maximum Gasteiger partial charge on any atom is 0.164 e. The molecule has 2 aromatic heterocycles. The van der Waals surface area contributed by atoms with Crippen molar-refractivity contribution in [3.8, 4) is 90.7 Å². The molecule has 8 aromatic carbocycles. The average Bonchev–Trinajstić information content (AvgIpc) is 3.72. The molecule has 0 atom stereocenters. The third kappa shape index (κ3) is 6.84. The Labute approximate surface area is 342 Å². The quantitative estimate of drug-likeness (QED) is 0.154. The highest BCUT2D eigenvalue weighted by atomic mass is 15.1. The Hall–Kier alpha value is -8.27. The topological polar surface area (TPSA) is 80.3 Å². The van der Waals surface area contributed by atoms with Crippen LogP contribution >= 0.6 is 0 Å². The lowest BCUT2D eigenvalue weighted by Crippen LogP contribution is -2.00. The highest BCUT2D eigenvalue weighted by Crippen LogP contribution is 2.39. The molecule has 276 valence electrons. The molecule has 2 heterocycles. The van der Waals surface area contributed by atoms with Gasteiger partial charge in [-0.1, -0.05) is 170 Å². The molecule has 0 radical (unpaired) electrons. The first-order valence-corrected chi connectivity index (χ1v) is 19.5. The molecular formula is C53H34N6. The summed E-state index contributed by atoms with van der Waals surface area (Å²) in [6.45, 7) is 0. The molecule has 6 heteroatoms. The second-order valence-corrected chi connectivity index (χ2v) is 14.2. The Morgan fingerprint density at radius 3 is 1.47 bits per heavy atom. The van der Waals surface area contributed by atoms with Crippen LogP contribution in [0.3, 0.4) is 0 Å². The maximum atomic E-state index is 10.2. The first-order chi connectivity index (χ1) is 29.2. The standard InChI is InChI=1S/C53H34N6/c54-35-43-20-10-11-21-45(43)47-34-42(36-28-31-44(32-29-36)59-49-23-13-12-22-48(49)55-53(59)41-18-8-3-9-19-41)30-33-46(47)37-24-26-40(27-25-37)52-57-50(38-14-4-1-5-15-38)56-51(58-52)39-16-6-2-7-17-39/h1-34H. The van der Waals surface area contributed by atoms with Crippen molar-refractivity contribution in [3.05, 3.63) is 212 Å². The van der Waals surface area contributed by atoms with Gasteiger partial charge in [0.2, 0.25) is 0 Å². The number of hydrogen-bond acceptors (Lipinski definition) is 5. The van der Waals surface area contributed by atoms with E-state index in [0.29, 0.717) is 23.0 Å². The fourth-order valence-electron chi connectivity index (χ4n) is 7.62. The Morgan fingerprint density at radius 2 is 0.847 bits per heavy atom. The van der Waals surface area contributed by atoms with E-state index in [1.807, 2.05) is 109 Å². The Balaban J connectivity index is 1.04. The monoisotopic (exact) mass is 754 g/mol. The molecule has 0 fully saturated rings. The van der Waals surface area contributed by atoms with Gasteiger partial charge in [-0.05, 0) is 64.2 Å². The molecule has 10 rings (SSSR count). The SMILES string of the molecule is N#Cc1ccccc1-c1cc(-c2ccc(-n3c(-c4ccccc4)nc4ccccc43)cc2)ccc1-c1ccc(-c2nc(-c3ccccc3)nc(-c3ccccc3)n2)cc1. The summed E-state index contributed by atoms with van der Waals surface area (Å²) in [4.78, 5) is 19.7. The molecule has 6 nitrogen and oxygen atoms in total. The van der Waals surface area contributed by atoms with Gasteiger partial charge in [0.1, 0.15) is 5.82 Å². The van der Waals surface area contributed by atoms with Crippen LogP contribution in [0.15, 0.2) is 206 Å². The fraction of sp³-hybridized carbons (Fsp3) is 0. The van der Waals surface area contributed by atoms with Gasteiger partial charge in [0, 0.05) is 33.5 Å². The van der Waals surface area contributed by atoms with Crippen LogP contribution in [0.2, 0.25) is 0 Å². The van der Waals surface area contributed by atoms with Gasteiger partial charge in [-0.3, -0.25) is 4.57 Å². The third-order valence-electron chi connectivity index (χ3n) is 10.6.